The molecular weight excluding hydrogens is 261 g/mol. The van der Waals surface area contributed by atoms with E-state index < -0.39 is 0 Å². The van der Waals surface area contributed by atoms with Gasteiger partial charge in [-0.25, -0.2) is 4.39 Å². The highest BCUT2D eigenvalue weighted by Crippen LogP contribution is 2.39. The lowest BCUT2D eigenvalue weighted by Gasteiger charge is -2.14. The van der Waals surface area contributed by atoms with Crippen molar-refractivity contribution in [2.24, 2.45) is 0 Å². The fraction of sp³-hybridized carbons (Fsp3) is 0.368. The van der Waals surface area contributed by atoms with Gasteiger partial charge in [0.2, 0.25) is 0 Å². The third-order valence-corrected chi connectivity index (χ3v) is 4.14. The average Bonchev–Trinajstić information content (AvgIpc) is 3.33. The molecule has 1 aliphatic carbocycles. The fourth-order valence-corrected chi connectivity index (χ4v) is 2.66. The first kappa shape index (κ1) is 14.3. The van der Waals surface area contributed by atoms with E-state index in [0.717, 1.165) is 18.9 Å². The first-order chi connectivity index (χ1) is 10.2. The molecule has 0 bridgehead atoms. The second-order valence-corrected chi connectivity index (χ2v) is 6.13. The van der Waals surface area contributed by atoms with E-state index in [1.807, 2.05) is 12.1 Å². The number of rotatable bonds is 6. The molecule has 2 aromatic rings. The fourth-order valence-electron chi connectivity index (χ4n) is 2.66. The number of hydrogen-bond acceptors (Lipinski definition) is 1. The third kappa shape index (κ3) is 4.15. The molecule has 0 heterocycles. The predicted molar refractivity (Wildman–Crippen MR) is 84.8 cm³/mol. The molecule has 0 radical (unpaired) electrons. The Balaban J connectivity index is 1.48. The smallest absolute Gasteiger partial charge is 0.123 e. The van der Waals surface area contributed by atoms with Gasteiger partial charge in [0.1, 0.15) is 5.82 Å². The van der Waals surface area contributed by atoms with E-state index in [4.69, 9.17) is 0 Å². The Hall–Kier alpha value is -1.67. The van der Waals surface area contributed by atoms with Gasteiger partial charge >= 0.3 is 0 Å². The maximum atomic E-state index is 12.9. The lowest BCUT2D eigenvalue weighted by molar-refractivity contribution is 0.544. The number of benzene rings is 2. The van der Waals surface area contributed by atoms with E-state index in [1.54, 1.807) is 0 Å². The van der Waals surface area contributed by atoms with Crippen molar-refractivity contribution < 1.29 is 4.39 Å². The van der Waals surface area contributed by atoms with Crippen LogP contribution in [-0.4, -0.2) is 6.04 Å². The Morgan fingerprint density at radius 1 is 1.00 bits per heavy atom. The van der Waals surface area contributed by atoms with Gasteiger partial charge in [-0.05, 0) is 60.9 Å². The molecule has 2 heteroatoms. The summed E-state index contributed by atoms with van der Waals surface area (Å²) in [4.78, 5) is 0. The second-order valence-electron chi connectivity index (χ2n) is 6.13. The van der Waals surface area contributed by atoms with Crippen LogP contribution in [0.1, 0.15) is 42.4 Å². The molecule has 1 nitrogen and oxygen atoms in total. The first-order valence-electron chi connectivity index (χ1n) is 7.77. The Morgan fingerprint density at radius 2 is 1.62 bits per heavy atom. The van der Waals surface area contributed by atoms with E-state index in [-0.39, 0.29) is 5.82 Å². The molecule has 2 aromatic carbocycles. The van der Waals surface area contributed by atoms with Crippen LogP contribution in [0.3, 0.4) is 0 Å². The average molecular weight is 283 g/mol. The van der Waals surface area contributed by atoms with Crippen LogP contribution in [0.25, 0.3) is 0 Å². The van der Waals surface area contributed by atoms with Gasteiger partial charge in [0.15, 0.2) is 0 Å². The molecule has 0 saturated heterocycles. The van der Waals surface area contributed by atoms with Crippen LogP contribution in [0, 0.1) is 5.82 Å². The van der Waals surface area contributed by atoms with Gasteiger partial charge in [0, 0.05) is 12.6 Å². The lowest BCUT2D eigenvalue weighted by Crippen LogP contribution is -2.27. The molecule has 0 amide bonds. The molecule has 0 aliphatic heterocycles. The molecule has 0 spiro atoms. The highest BCUT2D eigenvalue weighted by Gasteiger charge is 2.22. The summed E-state index contributed by atoms with van der Waals surface area (Å²) in [5, 5.41) is 3.53. The Bertz CT molecular complexity index is 570. The summed E-state index contributed by atoms with van der Waals surface area (Å²) < 4.78 is 12.9. The van der Waals surface area contributed by atoms with Crippen LogP contribution in [-0.2, 0) is 13.0 Å². The first-order valence-corrected chi connectivity index (χ1v) is 7.77. The van der Waals surface area contributed by atoms with Gasteiger partial charge in [0.25, 0.3) is 0 Å². The van der Waals surface area contributed by atoms with E-state index in [2.05, 4.69) is 36.5 Å². The molecule has 1 N–H and O–H groups in total. The standard InChI is InChI=1S/C19H22FN/c1-14(12-15-4-10-19(20)11-5-15)21-13-16-2-6-17(7-3-16)18-8-9-18/h2-7,10-11,14,18,21H,8-9,12-13H2,1H3. The van der Waals surface area contributed by atoms with Gasteiger partial charge in [-0.15, -0.1) is 0 Å². The summed E-state index contributed by atoms with van der Waals surface area (Å²) in [6, 6.07) is 16.1. The summed E-state index contributed by atoms with van der Waals surface area (Å²) in [7, 11) is 0. The zero-order chi connectivity index (χ0) is 14.7. The van der Waals surface area contributed by atoms with Crippen LogP contribution < -0.4 is 5.32 Å². The zero-order valence-corrected chi connectivity index (χ0v) is 12.5. The van der Waals surface area contributed by atoms with Crippen LogP contribution in [0.2, 0.25) is 0 Å². The molecular formula is C19H22FN. The lowest BCUT2D eigenvalue weighted by atomic mass is 10.1. The Morgan fingerprint density at radius 3 is 2.24 bits per heavy atom. The van der Waals surface area contributed by atoms with Crippen molar-refractivity contribution in [2.75, 3.05) is 0 Å². The quantitative estimate of drug-likeness (QED) is 0.827. The van der Waals surface area contributed by atoms with Crippen molar-refractivity contribution in [3.63, 3.8) is 0 Å². The Kier molecular flexibility index (Phi) is 4.35. The third-order valence-electron chi connectivity index (χ3n) is 4.14. The largest absolute Gasteiger partial charge is 0.310 e. The predicted octanol–water partition coefficient (Wildman–Crippen LogP) is 4.42. The van der Waals surface area contributed by atoms with Crippen LogP contribution in [0.15, 0.2) is 48.5 Å². The summed E-state index contributed by atoms with van der Waals surface area (Å²) in [5.74, 6) is 0.652. The van der Waals surface area contributed by atoms with E-state index in [9.17, 15) is 4.39 Å². The minimum absolute atomic E-state index is 0.171. The SMILES string of the molecule is CC(Cc1ccc(F)cc1)NCc1ccc(C2CC2)cc1. The highest BCUT2D eigenvalue weighted by molar-refractivity contribution is 5.28. The maximum absolute atomic E-state index is 12.9. The minimum atomic E-state index is -0.171. The number of halogens is 1. The van der Waals surface area contributed by atoms with Crippen LogP contribution >= 0.6 is 0 Å². The van der Waals surface area contributed by atoms with Crippen molar-refractivity contribution in [2.45, 2.75) is 44.7 Å². The molecule has 21 heavy (non-hydrogen) atoms. The van der Waals surface area contributed by atoms with Crippen molar-refractivity contribution in [3.05, 3.63) is 71.0 Å². The van der Waals surface area contributed by atoms with Crippen LogP contribution in [0.4, 0.5) is 4.39 Å². The van der Waals surface area contributed by atoms with Crippen molar-refractivity contribution in [1.29, 1.82) is 0 Å². The van der Waals surface area contributed by atoms with Gasteiger partial charge in [-0.1, -0.05) is 36.4 Å². The molecule has 0 aromatic heterocycles. The van der Waals surface area contributed by atoms with Gasteiger partial charge in [-0.3, -0.25) is 0 Å². The molecule has 1 atom stereocenters. The second kappa shape index (κ2) is 6.40. The summed E-state index contributed by atoms with van der Waals surface area (Å²) in [6.07, 6.45) is 3.62. The van der Waals surface area contributed by atoms with E-state index in [1.165, 1.54) is 41.7 Å². The topological polar surface area (TPSA) is 12.0 Å². The van der Waals surface area contributed by atoms with E-state index in [0.29, 0.717) is 6.04 Å². The van der Waals surface area contributed by atoms with Crippen molar-refractivity contribution in [3.8, 4) is 0 Å². The normalized spacial score (nSPS) is 15.9. The monoisotopic (exact) mass is 283 g/mol. The minimum Gasteiger partial charge on any atom is -0.310 e. The summed E-state index contributed by atoms with van der Waals surface area (Å²) >= 11 is 0. The van der Waals surface area contributed by atoms with Crippen LogP contribution in [0.5, 0.6) is 0 Å². The Labute approximate surface area is 126 Å². The molecule has 1 fully saturated rings. The highest BCUT2D eigenvalue weighted by atomic mass is 19.1. The summed E-state index contributed by atoms with van der Waals surface area (Å²) in [6.45, 7) is 3.05. The number of hydrogen-bond donors (Lipinski definition) is 1. The molecule has 110 valence electrons. The van der Waals surface area contributed by atoms with Gasteiger partial charge in [-0.2, -0.15) is 0 Å². The summed E-state index contributed by atoms with van der Waals surface area (Å²) in [5.41, 5.74) is 3.98. The zero-order valence-electron chi connectivity index (χ0n) is 12.5. The molecule has 3 rings (SSSR count). The van der Waals surface area contributed by atoms with Gasteiger partial charge < -0.3 is 5.32 Å². The van der Waals surface area contributed by atoms with Crippen molar-refractivity contribution in [1.82, 2.24) is 5.32 Å². The molecule has 1 unspecified atom stereocenters. The van der Waals surface area contributed by atoms with E-state index >= 15 is 0 Å². The number of nitrogens with one attached hydrogen (secondary N) is 1. The molecule has 1 aliphatic rings. The molecule has 1 saturated carbocycles. The van der Waals surface area contributed by atoms with Gasteiger partial charge in [0.05, 0.1) is 0 Å². The maximum Gasteiger partial charge on any atom is 0.123 e. The van der Waals surface area contributed by atoms with Crippen molar-refractivity contribution >= 4 is 0 Å².